The van der Waals surface area contributed by atoms with Crippen LogP contribution in [0.2, 0.25) is 0 Å². The van der Waals surface area contributed by atoms with Gasteiger partial charge in [0, 0.05) is 5.39 Å². The Morgan fingerprint density at radius 2 is 2.07 bits per heavy atom. The average molecular weight is 189 g/mol. The van der Waals surface area contributed by atoms with Crippen molar-refractivity contribution in [1.29, 1.82) is 0 Å². The number of fused-ring (bicyclic) bond motifs is 1. The number of aromatic nitrogens is 1. The molecule has 2 aromatic rings. The molecule has 0 aliphatic rings. The van der Waals surface area contributed by atoms with Gasteiger partial charge in [0.1, 0.15) is 0 Å². The van der Waals surface area contributed by atoms with Crippen LogP contribution in [0.15, 0.2) is 30.3 Å². The Kier molecular flexibility index (Phi) is 1.81. The predicted molar refractivity (Wildman–Crippen MR) is 50.7 cm³/mol. The van der Waals surface area contributed by atoms with Crippen LogP contribution in [0, 0.1) is 0 Å². The van der Waals surface area contributed by atoms with E-state index in [1.165, 1.54) is 0 Å². The predicted octanol–water partition coefficient (Wildman–Crippen LogP) is 1.98. The Bertz CT molecular complexity index is 513. The Morgan fingerprint density at radius 3 is 2.71 bits per heavy atom. The Balaban J connectivity index is 2.87. The van der Waals surface area contributed by atoms with Crippen molar-refractivity contribution in [2.75, 3.05) is 0 Å². The number of aldehydes is 1. The zero-order valence-electron chi connectivity index (χ0n) is 7.18. The summed E-state index contributed by atoms with van der Waals surface area (Å²) in [6.07, 6.45) is -0.609. The minimum absolute atomic E-state index is 0.152. The molecule has 1 N–H and O–H groups in total. The summed E-state index contributed by atoms with van der Waals surface area (Å²) in [4.78, 5) is 21.5. The first-order valence-corrected chi connectivity index (χ1v) is 4.03. The van der Waals surface area contributed by atoms with E-state index in [9.17, 15) is 9.59 Å². The standard InChI is InChI=1S/C10H7NO3/c12-6-8-5-7-3-1-2-4-9(7)11(8)10(13)14/h1-6H,(H,13,14). The van der Waals surface area contributed by atoms with Crippen molar-refractivity contribution in [1.82, 2.24) is 4.57 Å². The van der Waals surface area contributed by atoms with Crippen LogP contribution < -0.4 is 0 Å². The number of carbonyl (C=O) groups is 2. The van der Waals surface area contributed by atoms with E-state index < -0.39 is 6.09 Å². The fraction of sp³-hybridized carbons (Fsp3) is 0. The topological polar surface area (TPSA) is 59.3 Å². The van der Waals surface area contributed by atoms with Crippen molar-refractivity contribution in [3.05, 3.63) is 36.0 Å². The Hall–Kier alpha value is -2.10. The van der Waals surface area contributed by atoms with E-state index in [2.05, 4.69) is 0 Å². The summed E-state index contributed by atoms with van der Waals surface area (Å²) in [5, 5.41) is 9.63. The van der Waals surface area contributed by atoms with Gasteiger partial charge in [-0.15, -0.1) is 0 Å². The molecule has 0 fully saturated rings. The molecule has 14 heavy (non-hydrogen) atoms. The molecule has 0 aliphatic heterocycles. The maximum Gasteiger partial charge on any atom is 0.416 e. The molecule has 0 atom stereocenters. The van der Waals surface area contributed by atoms with Gasteiger partial charge in [0.05, 0.1) is 11.2 Å². The normalized spacial score (nSPS) is 10.3. The molecule has 1 heterocycles. The van der Waals surface area contributed by atoms with Gasteiger partial charge in [-0.1, -0.05) is 18.2 Å². The van der Waals surface area contributed by atoms with E-state index >= 15 is 0 Å². The van der Waals surface area contributed by atoms with E-state index in [4.69, 9.17) is 5.11 Å². The molecular formula is C10H7NO3. The first-order chi connectivity index (χ1) is 6.74. The van der Waals surface area contributed by atoms with Gasteiger partial charge in [0.15, 0.2) is 6.29 Å². The van der Waals surface area contributed by atoms with Crippen LogP contribution in [0.25, 0.3) is 10.9 Å². The second kappa shape index (κ2) is 2.99. The number of hydrogen-bond donors (Lipinski definition) is 1. The van der Waals surface area contributed by atoms with Crippen molar-refractivity contribution in [3.63, 3.8) is 0 Å². The molecule has 0 saturated carbocycles. The van der Waals surface area contributed by atoms with Crippen molar-refractivity contribution < 1.29 is 14.7 Å². The van der Waals surface area contributed by atoms with E-state index in [0.717, 1.165) is 9.95 Å². The average Bonchev–Trinajstić information content (AvgIpc) is 2.55. The lowest BCUT2D eigenvalue weighted by atomic mass is 10.2. The smallest absolute Gasteiger partial charge is 0.416 e. The molecule has 0 bridgehead atoms. The molecule has 4 heteroatoms. The SMILES string of the molecule is O=Cc1cc2ccccc2n1C(=O)O. The molecule has 0 spiro atoms. The minimum Gasteiger partial charge on any atom is -0.464 e. The van der Waals surface area contributed by atoms with E-state index in [-0.39, 0.29) is 5.69 Å². The lowest BCUT2D eigenvalue weighted by molar-refractivity contribution is 0.111. The molecule has 0 saturated heterocycles. The fourth-order valence-electron chi connectivity index (χ4n) is 1.48. The number of nitrogens with zero attached hydrogens (tertiary/aromatic N) is 1. The second-order valence-electron chi connectivity index (χ2n) is 2.86. The van der Waals surface area contributed by atoms with E-state index in [1.54, 1.807) is 30.3 Å². The quantitative estimate of drug-likeness (QED) is 0.698. The summed E-state index contributed by atoms with van der Waals surface area (Å²) in [7, 11) is 0. The summed E-state index contributed by atoms with van der Waals surface area (Å²) >= 11 is 0. The molecule has 70 valence electrons. The molecule has 0 amide bonds. The van der Waals surface area contributed by atoms with E-state index in [0.29, 0.717) is 11.8 Å². The molecule has 0 unspecified atom stereocenters. The Labute approximate surface area is 79.4 Å². The highest BCUT2D eigenvalue weighted by Gasteiger charge is 2.12. The molecule has 0 aliphatic carbocycles. The highest BCUT2D eigenvalue weighted by molar-refractivity contribution is 5.96. The van der Waals surface area contributed by atoms with Gasteiger partial charge in [0.2, 0.25) is 0 Å². The maximum atomic E-state index is 10.9. The number of rotatable bonds is 1. The second-order valence-corrected chi connectivity index (χ2v) is 2.86. The number of para-hydroxylation sites is 1. The number of hydrogen-bond acceptors (Lipinski definition) is 2. The van der Waals surface area contributed by atoms with Gasteiger partial charge in [-0.2, -0.15) is 0 Å². The third-order valence-electron chi connectivity index (χ3n) is 2.05. The van der Waals surface area contributed by atoms with Crippen LogP contribution in [0.3, 0.4) is 0 Å². The molecule has 1 aromatic carbocycles. The minimum atomic E-state index is -1.15. The number of benzene rings is 1. The zero-order valence-corrected chi connectivity index (χ0v) is 7.18. The largest absolute Gasteiger partial charge is 0.464 e. The molecule has 0 radical (unpaired) electrons. The summed E-state index contributed by atoms with van der Waals surface area (Å²) in [6.45, 7) is 0. The molecule has 1 aromatic heterocycles. The summed E-state index contributed by atoms with van der Waals surface area (Å²) in [5.74, 6) is 0. The Morgan fingerprint density at radius 1 is 1.36 bits per heavy atom. The first kappa shape index (κ1) is 8.50. The summed E-state index contributed by atoms with van der Waals surface area (Å²) in [6, 6.07) is 8.51. The molecule has 4 nitrogen and oxygen atoms in total. The van der Waals surface area contributed by atoms with Crippen molar-refractivity contribution in [3.8, 4) is 0 Å². The lowest BCUT2D eigenvalue weighted by Gasteiger charge is -1.98. The van der Waals surface area contributed by atoms with Crippen LogP contribution in [0.1, 0.15) is 10.5 Å². The highest BCUT2D eigenvalue weighted by Crippen LogP contribution is 2.18. The van der Waals surface area contributed by atoms with Crippen molar-refractivity contribution in [2.45, 2.75) is 0 Å². The molecular weight excluding hydrogens is 182 g/mol. The lowest BCUT2D eigenvalue weighted by Crippen LogP contribution is -2.10. The van der Waals surface area contributed by atoms with E-state index in [1.807, 2.05) is 0 Å². The monoisotopic (exact) mass is 189 g/mol. The third-order valence-corrected chi connectivity index (χ3v) is 2.05. The van der Waals surface area contributed by atoms with Crippen LogP contribution >= 0.6 is 0 Å². The summed E-state index contributed by atoms with van der Waals surface area (Å²) < 4.78 is 0.975. The molecule has 2 rings (SSSR count). The van der Waals surface area contributed by atoms with Crippen LogP contribution in [0.5, 0.6) is 0 Å². The third kappa shape index (κ3) is 1.08. The van der Waals surface area contributed by atoms with Gasteiger partial charge in [-0.3, -0.25) is 4.79 Å². The summed E-state index contributed by atoms with van der Waals surface area (Å²) in [5.41, 5.74) is 0.681. The van der Waals surface area contributed by atoms with Crippen LogP contribution in [0.4, 0.5) is 4.79 Å². The van der Waals surface area contributed by atoms with Crippen molar-refractivity contribution >= 4 is 23.3 Å². The van der Waals surface area contributed by atoms with Crippen LogP contribution in [-0.2, 0) is 0 Å². The zero-order chi connectivity index (χ0) is 10.1. The number of carbonyl (C=O) groups excluding carboxylic acids is 1. The highest BCUT2D eigenvalue weighted by atomic mass is 16.4. The number of carboxylic acid groups (broad SMARTS) is 1. The van der Waals surface area contributed by atoms with Crippen molar-refractivity contribution in [2.24, 2.45) is 0 Å². The van der Waals surface area contributed by atoms with Gasteiger partial charge >= 0.3 is 6.09 Å². The van der Waals surface area contributed by atoms with Gasteiger partial charge in [0.25, 0.3) is 0 Å². The van der Waals surface area contributed by atoms with Gasteiger partial charge in [-0.05, 0) is 12.1 Å². The first-order valence-electron chi connectivity index (χ1n) is 4.03. The maximum absolute atomic E-state index is 10.9. The van der Waals surface area contributed by atoms with Gasteiger partial charge in [-0.25, -0.2) is 9.36 Å². The van der Waals surface area contributed by atoms with Gasteiger partial charge < -0.3 is 5.11 Å². The van der Waals surface area contributed by atoms with Crippen LogP contribution in [-0.4, -0.2) is 22.1 Å². The fourth-order valence-corrected chi connectivity index (χ4v) is 1.48.